The van der Waals surface area contributed by atoms with Crippen LogP contribution >= 0.6 is 11.3 Å². The fourth-order valence-electron chi connectivity index (χ4n) is 2.19. The lowest BCUT2D eigenvalue weighted by Crippen LogP contribution is -2.34. The molecule has 0 bridgehead atoms. The molecular formula is C18H25N3OS. The van der Waals surface area contributed by atoms with Crippen molar-refractivity contribution in [2.75, 3.05) is 0 Å². The zero-order valence-corrected chi connectivity index (χ0v) is 15.3. The molecule has 4 nitrogen and oxygen atoms in total. The summed E-state index contributed by atoms with van der Waals surface area (Å²) >= 11 is 1.64. The second kappa shape index (κ2) is 7.13. The average molecular weight is 331 g/mol. The number of aromatic nitrogens is 1. The minimum Gasteiger partial charge on any atom is -0.334 e. The van der Waals surface area contributed by atoms with E-state index < -0.39 is 0 Å². The van der Waals surface area contributed by atoms with Crippen molar-refractivity contribution in [1.29, 1.82) is 0 Å². The summed E-state index contributed by atoms with van der Waals surface area (Å²) in [5.41, 5.74) is 4.51. The summed E-state index contributed by atoms with van der Waals surface area (Å²) in [7, 11) is 0. The van der Waals surface area contributed by atoms with E-state index in [9.17, 15) is 4.79 Å². The zero-order chi connectivity index (χ0) is 17.0. The normalized spacial score (nSPS) is 11.3. The quantitative estimate of drug-likeness (QED) is 0.888. The predicted octanol–water partition coefficient (Wildman–Crippen LogP) is 4.06. The zero-order valence-electron chi connectivity index (χ0n) is 14.5. The van der Waals surface area contributed by atoms with Gasteiger partial charge in [-0.25, -0.2) is 9.78 Å². The van der Waals surface area contributed by atoms with Gasteiger partial charge in [0.2, 0.25) is 0 Å². The van der Waals surface area contributed by atoms with Crippen molar-refractivity contribution in [3.05, 3.63) is 51.0 Å². The molecule has 0 fully saturated rings. The summed E-state index contributed by atoms with van der Waals surface area (Å²) in [6.45, 7) is 11.5. The largest absolute Gasteiger partial charge is 0.334 e. The number of benzene rings is 1. The Morgan fingerprint density at radius 1 is 1.17 bits per heavy atom. The molecule has 1 aromatic carbocycles. The Morgan fingerprint density at radius 3 is 2.48 bits per heavy atom. The van der Waals surface area contributed by atoms with Crippen molar-refractivity contribution in [2.24, 2.45) is 0 Å². The highest BCUT2D eigenvalue weighted by molar-refractivity contribution is 7.09. The van der Waals surface area contributed by atoms with Crippen LogP contribution in [0.2, 0.25) is 0 Å². The van der Waals surface area contributed by atoms with Crippen LogP contribution < -0.4 is 10.6 Å². The van der Waals surface area contributed by atoms with E-state index >= 15 is 0 Å². The van der Waals surface area contributed by atoms with Crippen LogP contribution in [0, 0.1) is 13.8 Å². The first-order chi connectivity index (χ1) is 10.8. The van der Waals surface area contributed by atoms with Gasteiger partial charge in [-0.1, -0.05) is 44.5 Å². The minimum absolute atomic E-state index is 0.0497. The summed E-state index contributed by atoms with van der Waals surface area (Å²) in [5, 5.41) is 8.84. The molecule has 0 unspecified atom stereocenters. The number of amides is 2. The van der Waals surface area contributed by atoms with Gasteiger partial charge >= 0.3 is 6.03 Å². The van der Waals surface area contributed by atoms with Crippen molar-refractivity contribution in [3.63, 3.8) is 0 Å². The molecule has 2 rings (SSSR count). The van der Waals surface area contributed by atoms with Crippen LogP contribution in [0.15, 0.2) is 23.6 Å². The summed E-state index contributed by atoms with van der Waals surface area (Å²) in [6, 6.07) is 6.07. The number of thiazole rings is 1. The first-order valence-electron chi connectivity index (χ1n) is 7.78. The van der Waals surface area contributed by atoms with Gasteiger partial charge in [0.25, 0.3) is 0 Å². The molecule has 5 heteroatoms. The minimum atomic E-state index is -0.171. The van der Waals surface area contributed by atoms with Crippen LogP contribution in [-0.4, -0.2) is 11.0 Å². The van der Waals surface area contributed by atoms with Crippen molar-refractivity contribution >= 4 is 17.4 Å². The smallest absolute Gasteiger partial charge is 0.315 e. The lowest BCUT2D eigenvalue weighted by Gasteiger charge is -2.13. The maximum Gasteiger partial charge on any atom is 0.315 e. The Balaban J connectivity index is 1.82. The van der Waals surface area contributed by atoms with Gasteiger partial charge < -0.3 is 10.6 Å². The molecule has 1 heterocycles. The van der Waals surface area contributed by atoms with Gasteiger partial charge in [-0.2, -0.15) is 0 Å². The van der Waals surface area contributed by atoms with E-state index in [2.05, 4.69) is 68.4 Å². The third-order valence-corrected chi connectivity index (χ3v) is 4.88. The Hall–Kier alpha value is -1.88. The van der Waals surface area contributed by atoms with E-state index in [1.807, 2.05) is 5.38 Å². The average Bonchev–Trinajstić information content (AvgIpc) is 2.93. The maximum atomic E-state index is 11.9. The van der Waals surface area contributed by atoms with Crippen LogP contribution in [0.4, 0.5) is 4.79 Å². The number of carbonyl (C=O) groups is 1. The topological polar surface area (TPSA) is 54.0 Å². The number of hydrogen-bond donors (Lipinski definition) is 2. The summed E-state index contributed by atoms with van der Waals surface area (Å²) in [6.07, 6.45) is 0. The first-order valence-corrected chi connectivity index (χ1v) is 8.66. The molecule has 0 aliphatic rings. The van der Waals surface area contributed by atoms with Crippen LogP contribution in [0.3, 0.4) is 0 Å². The molecule has 0 spiro atoms. The molecule has 0 saturated carbocycles. The summed E-state index contributed by atoms with van der Waals surface area (Å²) in [4.78, 5) is 16.5. The summed E-state index contributed by atoms with van der Waals surface area (Å²) in [5.74, 6) is 0. The van der Waals surface area contributed by atoms with E-state index in [-0.39, 0.29) is 11.4 Å². The van der Waals surface area contributed by atoms with Gasteiger partial charge in [-0.05, 0) is 25.0 Å². The molecule has 2 N–H and O–H groups in total. The first kappa shape index (κ1) is 17.5. The Morgan fingerprint density at radius 2 is 1.87 bits per heavy atom. The highest BCUT2D eigenvalue weighted by Crippen LogP contribution is 2.25. The lowest BCUT2D eigenvalue weighted by atomic mass is 9.98. The number of aryl methyl sites for hydroxylation is 2. The molecule has 0 aliphatic heterocycles. The number of nitrogens with one attached hydrogen (secondary N) is 2. The van der Waals surface area contributed by atoms with Crippen LogP contribution in [0.25, 0.3) is 0 Å². The number of carbonyl (C=O) groups excluding carboxylic acids is 1. The third kappa shape index (κ3) is 5.06. The number of hydrogen-bond acceptors (Lipinski definition) is 3. The Labute approximate surface area is 142 Å². The van der Waals surface area contributed by atoms with E-state index in [4.69, 9.17) is 0 Å². The van der Waals surface area contributed by atoms with Crippen molar-refractivity contribution in [3.8, 4) is 0 Å². The van der Waals surface area contributed by atoms with Gasteiger partial charge in [-0.15, -0.1) is 11.3 Å². The van der Waals surface area contributed by atoms with Crippen molar-refractivity contribution in [2.45, 2.75) is 53.1 Å². The molecule has 0 atom stereocenters. The Bertz CT molecular complexity index is 686. The second-order valence-electron chi connectivity index (χ2n) is 6.86. The molecule has 124 valence electrons. The van der Waals surface area contributed by atoms with E-state index in [0.717, 1.165) is 16.3 Å². The van der Waals surface area contributed by atoms with Crippen LogP contribution in [0.5, 0.6) is 0 Å². The number of urea groups is 1. The van der Waals surface area contributed by atoms with Gasteiger partial charge in [0, 0.05) is 17.3 Å². The van der Waals surface area contributed by atoms with Gasteiger partial charge in [0.15, 0.2) is 0 Å². The third-order valence-electron chi connectivity index (χ3n) is 3.56. The molecule has 0 saturated heterocycles. The van der Waals surface area contributed by atoms with Gasteiger partial charge in [0.1, 0.15) is 0 Å². The number of rotatable bonds is 4. The predicted molar refractivity (Wildman–Crippen MR) is 95.8 cm³/mol. The molecule has 23 heavy (non-hydrogen) atoms. The van der Waals surface area contributed by atoms with Crippen molar-refractivity contribution in [1.82, 2.24) is 15.6 Å². The fourth-order valence-corrected chi connectivity index (χ4v) is 3.09. The van der Waals surface area contributed by atoms with Gasteiger partial charge in [-0.3, -0.25) is 0 Å². The Kier molecular flexibility index (Phi) is 5.42. The molecular weight excluding hydrogens is 306 g/mol. The number of nitrogens with zero attached hydrogens (tertiary/aromatic N) is 1. The standard InChI is InChI=1S/C18H25N3OS/c1-12-6-7-14(13(2)8-12)9-19-17(22)20-10-15-11-23-16(21-15)18(3,4)5/h6-8,11H,9-10H2,1-5H3,(H2,19,20,22). The fraction of sp³-hybridized carbons (Fsp3) is 0.444. The van der Waals surface area contributed by atoms with E-state index in [1.54, 1.807) is 11.3 Å². The van der Waals surface area contributed by atoms with Gasteiger partial charge in [0.05, 0.1) is 17.2 Å². The SMILES string of the molecule is Cc1ccc(CNC(=O)NCc2csc(C(C)(C)C)n2)c(C)c1. The van der Waals surface area contributed by atoms with Crippen LogP contribution in [0.1, 0.15) is 48.2 Å². The van der Waals surface area contributed by atoms with Crippen LogP contribution in [-0.2, 0) is 18.5 Å². The lowest BCUT2D eigenvalue weighted by molar-refractivity contribution is 0.240. The summed E-state index contributed by atoms with van der Waals surface area (Å²) < 4.78 is 0. The molecule has 0 radical (unpaired) electrons. The molecule has 0 aliphatic carbocycles. The second-order valence-corrected chi connectivity index (χ2v) is 7.72. The highest BCUT2D eigenvalue weighted by atomic mass is 32.1. The van der Waals surface area contributed by atoms with E-state index in [0.29, 0.717) is 13.1 Å². The van der Waals surface area contributed by atoms with Crippen molar-refractivity contribution < 1.29 is 4.79 Å². The molecule has 2 amide bonds. The highest BCUT2D eigenvalue weighted by Gasteiger charge is 2.18. The van der Waals surface area contributed by atoms with E-state index in [1.165, 1.54) is 11.1 Å². The molecule has 2 aromatic rings. The molecule has 1 aromatic heterocycles. The monoisotopic (exact) mass is 331 g/mol. The maximum absolute atomic E-state index is 11.9.